The number of rotatable bonds is 5. The summed E-state index contributed by atoms with van der Waals surface area (Å²) in [7, 11) is 0. The van der Waals surface area contributed by atoms with Gasteiger partial charge in [0.2, 0.25) is 5.91 Å². The highest BCUT2D eigenvalue weighted by Gasteiger charge is 2.22. The van der Waals surface area contributed by atoms with Crippen LogP contribution in [0.3, 0.4) is 0 Å². The minimum absolute atomic E-state index is 0.0968. The van der Waals surface area contributed by atoms with Crippen LogP contribution in [0.2, 0.25) is 0 Å². The average Bonchev–Trinajstić information content (AvgIpc) is 3.09. The van der Waals surface area contributed by atoms with Crippen LogP contribution in [0.4, 0.5) is 20.4 Å². The molecule has 5 nitrogen and oxygen atoms in total. The molecular weight excluding hydrogens is 242 g/mol. The quantitative estimate of drug-likeness (QED) is 0.735. The highest BCUT2D eigenvalue weighted by Crippen LogP contribution is 2.19. The van der Waals surface area contributed by atoms with E-state index >= 15 is 0 Å². The number of pyridine rings is 1. The number of halogens is 2. The third kappa shape index (κ3) is 3.28. The summed E-state index contributed by atoms with van der Waals surface area (Å²) in [6.45, 7) is 0.216. The largest absolute Gasteiger partial charge is 0.381 e. The summed E-state index contributed by atoms with van der Waals surface area (Å²) in [5, 5.41) is 5.41. The molecule has 1 heterocycles. The molecule has 0 saturated heterocycles. The molecule has 0 unspecified atom stereocenters. The summed E-state index contributed by atoms with van der Waals surface area (Å²) in [6, 6.07) is 0.961. The highest BCUT2D eigenvalue weighted by molar-refractivity contribution is 5.77. The van der Waals surface area contributed by atoms with E-state index in [9.17, 15) is 13.6 Å². The van der Waals surface area contributed by atoms with Gasteiger partial charge in [-0.15, -0.1) is 0 Å². The van der Waals surface area contributed by atoms with Gasteiger partial charge in [0.15, 0.2) is 23.3 Å². The number of anilines is 2. The molecule has 0 aliphatic heterocycles. The molecule has 0 spiro atoms. The molecule has 1 saturated carbocycles. The van der Waals surface area contributed by atoms with Crippen molar-refractivity contribution in [3.63, 3.8) is 0 Å². The number of carbonyl (C=O) groups excluding carboxylic acids is 1. The maximum absolute atomic E-state index is 13.3. The number of carbonyl (C=O) groups is 1. The van der Waals surface area contributed by atoms with Crippen LogP contribution < -0.4 is 16.4 Å². The summed E-state index contributed by atoms with van der Waals surface area (Å²) in [5.41, 5.74) is 5.22. The molecule has 98 valence electrons. The van der Waals surface area contributed by atoms with E-state index in [1.54, 1.807) is 0 Å². The van der Waals surface area contributed by atoms with Crippen LogP contribution in [0.15, 0.2) is 6.07 Å². The molecule has 18 heavy (non-hydrogen) atoms. The van der Waals surface area contributed by atoms with Crippen molar-refractivity contribution in [2.24, 2.45) is 0 Å². The summed E-state index contributed by atoms with van der Waals surface area (Å²) in [6.07, 6.45) is 2.24. The SMILES string of the molecule is Nc1nc(NCCC(=O)NC2CC2)c(F)cc1F. The van der Waals surface area contributed by atoms with Gasteiger partial charge in [-0.05, 0) is 12.8 Å². The molecule has 1 aliphatic carbocycles. The van der Waals surface area contributed by atoms with Crippen molar-refractivity contribution in [3.05, 3.63) is 17.7 Å². The Hall–Kier alpha value is -1.92. The number of nitrogens with two attached hydrogens (primary N) is 1. The molecule has 0 bridgehead atoms. The predicted octanol–water partition coefficient (Wildman–Crippen LogP) is 1.02. The lowest BCUT2D eigenvalue weighted by molar-refractivity contribution is -0.120. The maximum Gasteiger partial charge on any atom is 0.221 e. The predicted molar refractivity (Wildman–Crippen MR) is 62.8 cm³/mol. The van der Waals surface area contributed by atoms with Crippen molar-refractivity contribution in [2.75, 3.05) is 17.6 Å². The van der Waals surface area contributed by atoms with Crippen molar-refractivity contribution in [1.29, 1.82) is 0 Å². The van der Waals surface area contributed by atoms with E-state index in [1.807, 2.05) is 0 Å². The summed E-state index contributed by atoms with van der Waals surface area (Å²) in [4.78, 5) is 14.9. The van der Waals surface area contributed by atoms with Gasteiger partial charge in [-0.2, -0.15) is 0 Å². The van der Waals surface area contributed by atoms with E-state index in [0.29, 0.717) is 12.1 Å². The fourth-order valence-electron chi connectivity index (χ4n) is 1.43. The minimum Gasteiger partial charge on any atom is -0.381 e. The Balaban J connectivity index is 1.82. The smallest absolute Gasteiger partial charge is 0.221 e. The van der Waals surface area contributed by atoms with Crippen LogP contribution in [0.25, 0.3) is 0 Å². The standard InChI is InChI=1S/C11H14F2N4O/c12-7-5-8(13)11(17-10(7)14)15-4-3-9(18)16-6-1-2-6/h5-6H,1-4H2,(H,16,18)(H3,14,15,17). The van der Waals surface area contributed by atoms with Gasteiger partial charge >= 0.3 is 0 Å². The molecule has 4 N–H and O–H groups in total. The monoisotopic (exact) mass is 256 g/mol. The van der Waals surface area contributed by atoms with Crippen molar-refractivity contribution in [1.82, 2.24) is 10.3 Å². The number of amides is 1. The molecule has 0 aromatic carbocycles. The number of hydrogen-bond acceptors (Lipinski definition) is 4. The summed E-state index contributed by atoms with van der Waals surface area (Å²) < 4.78 is 26.1. The van der Waals surface area contributed by atoms with E-state index in [1.165, 1.54) is 0 Å². The van der Waals surface area contributed by atoms with Gasteiger partial charge in [0.1, 0.15) is 0 Å². The zero-order chi connectivity index (χ0) is 13.1. The first-order chi connectivity index (χ1) is 8.56. The van der Waals surface area contributed by atoms with E-state index in [-0.39, 0.29) is 30.5 Å². The number of hydrogen-bond donors (Lipinski definition) is 3. The first-order valence-corrected chi connectivity index (χ1v) is 5.71. The molecule has 7 heteroatoms. The Labute approximate surface area is 103 Å². The topological polar surface area (TPSA) is 80.0 Å². The van der Waals surface area contributed by atoms with Gasteiger partial charge in [-0.3, -0.25) is 4.79 Å². The normalized spacial score (nSPS) is 14.3. The number of nitrogen functional groups attached to an aromatic ring is 1. The minimum atomic E-state index is -0.899. The molecule has 1 fully saturated rings. The molecule has 1 amide bonds. The van der Waals surface area contributed by atoms with E-state index in [4.69, 9.17) is 5.73 Å². The van der Waals surface area contributed by atoms with Gasteiger partial charge in [0.25, 0.3) is 0 Å². The van der Waals surface area contributed by atoms with Crippen molar-refractivity contribution in [2.45, 2.75) is 25.3 Å². The fraction of sp³-hybridized carbons (Fsp3) is 0.455. The van der Waals surface area contributed by atoms with Crippen molar-refractivity contribution >= 4 is 17.5 Å². The van der Waals surface area contributed by atoms with Crippen LogP contribution >= 0.6 is 0 Å². The van der Waals surface area contributed by atoms with Crippen LogP contribution in [0, 0.1) is 11.6 Å². The van der Waals surface area contributed by atoms with Gasteiger partial charge in [0.05, 0.1) is 0 Å². The van der Waals surface area contributed by atoms with Gasteiger partial charge in [-0.1, -0.05) is 0 Å². The maximum atomic E-state index is 13.3. The Kier molecular flexibility index (Phi) is 3.59. The molecule has 2 rings (SSSR count). The van der Waals surface area contributed by atoms with Crippen LogP contribution in [-0.4, -0.2) is 23.5 Å². The summed E-state index contributed by atoms with van der Waals surface area (Å²) >= 11 is 0. The van der Waals surface area contributed by atoms with Crippen molar-refractivity contribution in [3.8, 4) is 0 Å². The first kappa shape index (κ1) is 12.5. The first-order valence-electron chi connectivity index (χ1n) is 5.71. The lowest BCUT2D eigenvalue weighted by Gasteiger charge is -2.08. The molecule has 1 aromatic rings. The van der Waals surface area contributed by atoms with Gasteiger partial charge < -0.3 is 16.4 Å². The Morgan fingerprint density at radius 1 is 1.44 bits per heavy atom. The van der Waals surface area contributed by atoms with Gasteiger partial charge in [-0.25, -0.2) is 13.8 Å². The van der Waals surface area contributed by atoms with Crippen LogP contribution in [0.1, 0.15) is 19.3 Å². The fourth-order valence-corrected chi connectivity index (χ4v) is 1.43. The van der Waals surface area contributed by atoms with Gasteiger partial charge in [0, 0.05) is 25.1 Å². The highest BCUT2D eigenvalue weighted by atomic mass is 19.1. The van der Waals surface area contributed by atoms with E-state index < -0.39 is 11.6 Å². The Morgan fingerprint density at radius 2 is 2.17 bits per heavy atom. The molecule has 1 aliphatic rings. The number of nitrogens with zero attached hydrogens (tertiary/aromatic N) is 1. The lowest BCUT2D eigenvalue weighted by Crippen LogP contribution is -2.27. The zero-order valence-corrected chi connectivity index (χ0v) is 9.67. The van der Waals surface area contributed by atoms with Crippen LogP contribution in [0.5, 0.6) is 0 Å². The van der Waals surface area contributed by atoms with Crippen molar-refractivity contribution < 1.29 is 13.6 Å². The zero-order valence-electron chi connectivity index (χ0n) is 9.67. The number of aromatic nitrogens is 1. The second kappa shape index (κ2) is 5.16. The van der Waals surface area contributed by atoms with E-state index in [0.717, 1.165) is 12.8 Å². The Bertz CT molecular complexity index is 463. The third-order valence-corrected chi connectivity index (χ3v) is 2.54. The second-order valence-corrected chi connectivity index (χ2v) is 4.20. The lowest BCUT2D eigenvalue weighted by atomic mass is 10.3. The number of nitrogens with one attached hydrogen (secondary N) is 2. The molecule has 0 atom stereocenters. The second-order valence-electron chi connectivity index (χ2n) is 4.20. The molecule has 0 radical (unpaired) electrons. The summed E-state index contributed by atoms with van der Waals surface area (Å²) in [5.74, 6) is -2.34. The Morgan fingerprint density at radius 3 is 2.83 bits per heavy atom. The third-order valence-electron chi connectivity index (χ3n) is 2.54. The average molecular weight is 256 g/mol. The van der Waals surface area contributed by atoms with E-state index in [2.05, 4.69) is 15.6 Å². The molecule has 1 aromatic heterocycles. The molecular formula is C11H14F2N4O. The van der Waals surface area contributed by atoms with Crippen LogP contribution in [-0.2, 0) is 4.79 Å².